The lowest BCUT2D eigenvalue weighted by Gasteiger charge is -2.07. The summed E-state index contributed by atoms with van der Waals surface area (Å²) >= 11 is 3.24. The number of hydrogen-bond donors (Lipinski definition) is 2. The Bertz CT molecular complexity index is 382. The zero-order valence-corrected chi connectivity index (χ0v) is 11.3. The van der Waals surface area contributed by atoms with Crippen LogP contribution in [0.4, 0.5) is 5.69 Å². The van der Waals surface area contributed by atoms with Crippen molar-refractivity contribution in [1.82, 2.24) is 0 Å². The number of benzene rings is 1. The van der Waals surface area contributed by atoms with Crippen molar-refractivity contribution in [2.45, 2.75) is 12.8 Å². The second-order valence-electron chi connectivity index (χ2n) is 3.63. The van der Waals surface area contributed by atoms with Gasteiger partial charge in [-0.25, -0.2) is 4.79 Å². The van der Waals surface area contributed by atoms with Gasteiger partial charge in [0, 0.05) is 30.4 Å². The molecule has 0 fully saturated rings. The average Bonchev–Trinajstić information content (AvgIpc) is 2.28. The molecule has 0 radical (unpaired) electrons. The molecular formula is C12H16BrNO3. The highest BCUT2D eigenvalue weighted by Crippen LogP contribution is 2.21. The van der Waals surface area contributed by atoms with Gasteiger partial charge in [0.15, 0.2) is 0 Å². The molecule has 1 aromatic rings. The zero-order chi connectivity index (χ0) is 12.7. The number of halogens is 1. The molecule has 0 amide bonds. The summed E-state index contributed by atoms with van der Waals surface area (Å²) < 4.78 is 5.54. The van der Waals surface area contributed by atoms with Crippen LogP contribution in [0.3, 0.4) is 0 Å². The van der Waals surface area contributed by atoms with Crippen LogP contribution in [-0.2, 0) is 4.74 Å². The topological polar surface area (TPSA) is 58.6 Å². The Balaban J connectivity index is 2.45. The minimum absolute atomic E-state index is 0.273. The van der Waals surface area contributed by atoms with Crippen molar-refractivity contribution < 1.29 is 14.6 Å². The summed E-state index contributed by atoms with van der Waals surface area (Å²) in [6.07, 6.45) is 2.03. The number of carbonyl (C=O) groups is 1. The number of carboxylic acid groups (broad SMARTS) is 1. The van der Waals surface area contributed by atoms with Gasteiger partial charge in [-0.3, -0.25) is 0 Å². The Morgan fingerprint density at radius 2 is 2.24 bits per heavy atom. The van der Waals surface area contributed by atoms with Gasteiger partial charge in [0.25, 0.3) is 0 Å². The molecule has 17 heavy (non-hydrogen) atoms. The van der Waals surface area contributed by atoms with Crippen molar-refractivity contribution in [3.8, 4) is 0 Å². The summed E-state index contributed by atoms with van der Waals surface area (Å²) in [5.74, 6) is -0.927. The van der Waals surface area contributed by atoms with E-state index in [0.717, 1.165) is 31.7 Å². The zero-order valence-electron chi connectivity index (χ0n) is 9.70. The molecule has 1 rings (SSSR count). The van der Waals surface area contributed by atoms with E-state index in [1.807, 2.05) is 0 Å². The SMILES string of the molecule is COCCCCNc1ccc(C(=O)O)c(Br)c1. The molecule has 0 aromatic heterocycles. The molecule has 0 spiro atoms. The number of rotatable bonds is 7. The van der Waals surface area contributed by atoms with Crippen LogP contribution in [0.5, 0.6) is 0 Å². The summed E-state index contributed by atoms with van der Waals surface area (Å²) in [6, 6.07) is 5.13. The summed E-state index contributed by atoms with van der Waals surface area (Å²) in [5.41, 5.74) is 1.19. The lowest BCUT2D eigenvalue weighted by molar-refractivity contribution is 0.0696. The maximum Gasteiger partial charge on any atom is 0.336 e. The quantitative estimate of drug-likeness (QED) is 0.760. The molecule has 0 saturated heterocycles. The molecule has 2 N–H and O–H groups in total. The third-order valence-electron chi connectivity index (χ3n) is 2.30. The maximum atomic E-state index is 10.8. The van der Waals surface area contributed by atoms with Crippen molar-refractivity contribution >= 4 is 27.6 Å². The first kappa shape index (κ1) is 14.0. The summed E-state index contributed by atoms with van der Waals surface area (Å²) in [5, 5.41) is 12.1. The highest BCUT2D eigenvalue weighted by atomic mass is 79.9. The van der Waals surface area contributed by atoms with Gasteiger partial charge >= 0.3 is 5.97 Å². The average molecular weight is 302 g/mol. The lowest BCUT2D eigenvalue weighted by Crippen LogP contribution is -2.04. The van der Waals surface area contributed by atoms with Gasteiger partial charge in [0.1, 0.15) is 0 Å². The first-order valence-electron chi connectivity index (χ1n) is 5.41. The van der Waals surface area contributed by atoms with Crippen LogP contribution in [0.15, 0.2) is 22.7 Å². The molecule has 4 nitrogen and oxygen atoms in total. The van der Waals surface area contributed by atoms with E-state index < -0.39 is 5.97 Å². The second kappa shape index (κ2) is 7.29. The van der Waals surface area contributed by atoms with Crippen LogP contribution in [0, 0.1) is 0 Å². The van der Waals surface area contributed by atoms with E-state index in [-0.39, 0.29) is 5.56 Å². The molecule has 0 aliphatic rings. The van der Waals surface area contributed by atoms with Gasteiger partial charge in [0.2, 0.25) is 0 Å². The van der Waals surface area contributed by atoms with Gasteiger partial charge < -0.3 is 15.2 Å². The number of anilines is 1. The normalized spacial score (nSPS) is 10.2. The van der Waals surface area contributed by atoms with Crippen LogP contribution in [0.2, 0.25) is 0 Å². The van der Waals surface area contributed by atoms with Gasteiger partial charge in [-0.1, -0.05) is 0 Å². The Morgan fingerprint density at radius 3 is 2.82 bits per heavy atom. The number of methoxy groups -OCH3 is 1. The molecule has 94 valence electrons. The molecule has 0 atom stereocenters. The molecule has 0 aliphatic carbocycles. The number of unbranched alkanes of at least 4 members (excludes halogenated alkanes) is 1. The highest BCUT2D eigenvalue weighted by Gasteiger charge is 2.07. The number of hydrogen-bond acceptors (Lipinski definition) is 3. The summed E-state index contributed by atoms with van der Waals surface area (Å²) in [7, 11) is 1.69. The van der Waals surface area contributed by atoms with Crippen LogP contribution < -0.4 is 5.32 Å². The predicted octanol–water partition coefficient (Wildman–Crippen LogP) is 2.99. The minimum Gasteiger partial charge on any atom is -0.478 e. The van der Waals surface area contributed by atoms with E-state index in [0.29, 0.717) is 4.47 Å². The Kier molecular flexibility index (Phi) is 6.00. The fourth-order valence-electron chi connectivity index (χ4n) is 1.40. The van der Waals surface area contributed by atoms with E-state index in [1.54, 1.807) is 25.3 Å². The molecular weight excluding hydrogens is 286 g/mol. The molecule has 1 aromatic carbocycles. The Hall–Kier alpha value is -1.07. The van der Waals surface area contributed by atoms with E-state index in [9.17, 15) is 4.79 Å². The van der Waals surface area contributed by atoms with Crippen LogP contribution in [0.25, 0.3) is 0 Å². The fraction of sp³-hybridized carbons (Fsp3) is 0.417. The monoisotopic (exact) mass is 301 g/mol. The molecule has 5 heteroatoms. The molecule has 0 aliphatic heterocycles. The highest BCUT2D eigenvalue weighted by molar-refractivity contribution is 9.10. The smallest absolute Gasteiger partial charge is 0.336 e. The number of ether oxygens (including phenoxy) is 1. The van der Waals surface area contributed by atoms with Crippen LogP contribution in [-0.4, -0.2) is 31.3 Å². The molecule has 0 bridgehead atoms. The van der Waals surface area contributed by atoms with Crippen molar-refractivity contribution in [1.29, 1.82) is 0 Å². The van der Waals surface area contributed by atoms with Crippen molar-refractivity contribution in [3.63, 3.8) is 0 Å². The number of carboxylic acids is 1. The third kappa shape index (κ3) is 4.75. The summed E-state index contributed by atoms with van der Waals surface area (Å²) in [6.45, 7) is 1.62. The van der Waals surface area contributed by atoms with E-state index in [4.69, 9.17) is 9.84 Å². The first-order chi connectivity index (χ1) is 8.15. The molecule has 0 heterocycles. The second-order valence-corrected chi connectivity index (χ2v) is 4.48. The van der Waals surface area contributed by atoms with Gasteiger partial charge in [-0.05, 0) is 47.0 Å². The molecule has 0 unspecified atom stereocenters. The fourth-order valence-corrected chi connectivity index (χ4v) is 1.95. The Labute approximate surface area is 109 Å². The largest absolute Gasteiger partial charge is 0.478 e. The lowest BCUT2D eigenvalue weighted by atomic mass is 10.2. The van der Waals surface area contributed by atoms with E-state index >= 15 is 0 Å². The van der Waals surface area contributed by atoms with Crippen molar-refractivity contribution in [3.05, 3.63) is 28.2 Å². The standard InChI is InChI=1S/C12H16BrNO3/c1-17-7-3-2-6-14-9-4-5-10(12(15)16)11(13)8-9/h4-5,8,14H,2-3,6-7H2,1H3,(H,15,16). The van der Waals surface area contributed by atoms with E-state index in [2.05, 4.69) is 21.2 Å². The maximum absolute atomic E-state index is 10.8. The summed E-state index contributed by atoms with van der Waals surface area (Å²) in [4.78, 5) is 10.8. The van der Waals surface area contributed by atoms with Crippen molar-refractivity contribution in [2.24, 2.45) is 0 Å². The first-order valence-corrected chi connectivity index (χ1v) is 6.20. The van der Waals surface area contributed by atoms with Crippen LogP contribution in [0.1, 0.15) is 23.2 Å². The number of nitrogens with one attached hydrogen (secondary N) is 1. The molecule has 0 saturated carbocycles. The van der Waals surface area contributed by atoms with Crippen molar-refractivity contribution in [2.75, 3.05) is 25.6 Å². The minimum atomic E-state index is -0.927. The van der Waals surface area contributed by atoms with Gasteiger partial charge in [-0.15, -0.1) is 0 Å². The number of aromatic carboxylic acids is 1. The third-order valence-corrected chi connectivity index (χ3v) is 2.96. The van der Waals surface area contributed by atoms with Crippen LogP contribution >= 0.6 is 15.9 Å². The predicted molar refractivity (Wildman–Crippen MR) is 70.7 cm³/mol. The van der Waals surface area contributed by atoms with E-state index in [1.165, 1.54) is 0 Å². The van der Waals surface area contributed by atoms with Gasteiger partial charge in [0.05, 0.1) is 5.56 Å². The van der Waals surface area contributed by atoms with Gasteiger partial charge in [-0.2, -0.15) is 0 Å². The Morgan fingerprint density at radius 1 is 1.47 bits per heavy atom.